The molecule has 0 radical (unpaired) electrons. The lowest BCUT2D eigenvalue weighted by Crippen LogP contribution is -2.24. The van der Waals surface area contributed by atoms with Gasteiger partial charge in [-0.2, -0.15) is 0 Å². The van der Waals surface area contributed by atoms with Crippen molar-refractivity contribution in [2.75, 3.05) is 17.7 Å². The number of halogens is 2. The third-order valence-electron chi connectivity index (χ3n) is 3.03. The zero-order chi connectivity index (χ0) is 13.0. The summed E-state index contributed by atoms with van der Waals surface area (Å²) >= 11 is 12.1. The third-order valence-corrected chi connectivity index (χ3v) is 3.60. The van der Waals surface area contributed by atoms with Crippen LogP contribution in [-0.2, 0) is 0 Å². The second-order valence-corrected chi connectivity index (χ2v) is 5.03. The second-order valence-electron chi connectivity index (χ2n) is 4.22. The summed E-state index contributed by atoms with van der Waals surface area (Å²) in [4.78, 5) is 4.36. The van der Waals surface area contributed by atoms with E-state index >= 15 is 0 Å². The molecule has 0 aliphatic heterocycles. The zero-order valence-electron chi connectivity index (χ0n) is 10.6. The maximum atomic E-state index is 6.11. The molecule has 2 atom stereocenters. The molecule has 2 unspecified atom stereocenters. The normalized spacial score (nSPS) is 14.2. The van der Waals surface area contributed by atoms with Crippen LogP contribution < -0.4 is 10.6 Å². The summed E-state index contributed by atoms with van der Waals surface area (Å²) in [5.41, 5.74) is 0. The van der Waals surface area contributed by atoms with E-state index < -0.39 is 0 Å². The van der Waals surface area contributed by atoms with Crippen LogP contribution in [0.25, 0.3) is 0 Å². The third kappa shape index (κ3) is 3.65. The molecule has 0 spiro atoms. The van der Waals surface area contributed by atoms with Crippen LogP contribution in [0.1, 0.15) is 27.2 Å². The van der Waals surface area contributed by atoms with Gasteiger partial charge in [-0.1, -0.05) is 43.5 Å². The van der Waals surface area contributed by atoms with Gasteiger partial charge in [-0.05, 0) is 18.9 Å². The van der Waals surface area contributed by atoms with Crippen molar-refractivity contribution in [3.63, 3.8) is 0 Å². The molecule has 1 aromatic heterocycles. The Kier molecular flexibility index (Phi) is 5.34. The van der Waals surface area contributed by atoms with E-state index in [1.165, 1.54) is 0 Å². The van der Waals surface area contributed by atoms with Crippen molar-refractivity contribution in [3.8, 4) is 0 Å². The predicted molar refractivity (Wildman–Crippen MR) is 76.3 cm³/mol. The molecular weight excluding hydrogens is 257 g/mol. The molecule has 0 aromatic carbocycles. The first-order valence-corrected chi connectivity index (χ1v) is 6.55. The Bertz CT molecular complexity index is 382. The molecule has 0 aliphatic carbocycles. The lowest BCUT2D eigenvalue weighted by molar-refractivity contribution is 0.493. The molecule has 0 aliphatic rings. The number of aromatic nitrogens is 1. The fourth-order valence-electron chi connectivity index (χ4n) is 1.45. The van der Waals surface area contributed by atoms with Crippen LogP contribution in [0.15, 0.2) is 6.07 Å². The molecule has 3 nitrogen and oxygen atoms in total. The molecule has 1 rings (SSSR count). The van der Waals surface area contributed by atoms with Crippen molar-refractivity contribution in [2.24, 2.45) is 5.92 Å². The van der Waals surface area contributed by atoms with Gasteiger partial charge in [0.1, 0.15) is 11.6 Å². The van der Waals surface area contributed by atoms with Crippen LogP contribution in [0.4, 0.5) is 11.6 Å². The van der Waals surface area contributed by atoms with Gasteiger partial charge in [-0.25, -0.2) is 4.98 Å². The van der Waals surface area contributed by atoms with Crippen LogP contribution in [0.5, 0.6) is 0 Å². The van der Waals surface area contributed by atoms with Crippen molar-refractivity contribution in [2.45, 2.75) is 33.2 Å². The van der Waals surface area contributed by atoms with Gasteiger partial charge in [0.05, 0.1) is 10.0 Å². The van der Waals surface area contributed by atoms with Crippen LogP contribution in [-0.4, -0.2) is 18.1 Å². The average Bonchev–Trinajstić information content (AvgIpc) is 2.31. The Morgan fingerprint density at radius 2 is 1.82 bits per heavy atom. The zero-order valence-corrected chi connectivity index (χ0v) is 12.2. The molecule has 0 amide bonds. The van der Waals surface area contributed by atoms with Crippen LogP contribution in [0.3, 0.4) is 0 Å². The minimum atomic E-state index is 0.316. The molecule has 17 heavy (non-hydrogen) atoms. The number of hydrogen-bond acceptors (Lipinski definition) is 3. The topological polar surface area (TPSA) is 37.0 Å². The SMILES string of the molecule is CCC(C)C(C)Nc1nc(NC)c(Cl)cc1Cl. The minimum absolute atomic E-state index is 0.316. The summed E-state index contributed by atoms with van der Waals surface area (Å²) in [5.74, 6) is 1.87. The number of hydrogen-bond donors (Lipinski definition) is 2. The molecule has 1 heterocycles. The van der Waals surface area contributed by atoms with E-state index in [1.807, 2.05) is 0 Å². The van der Waals surface area contributed by atoms with E-state index in [2.05, 4.69) is 36.4 Å². The van der Waals surface area contributed by atoms with Gasteiger partial charge in [-0.15, -0.1) is 0 Å². The van der Waals surface area contributed by atoms with E-state index in [4.69, 9.17) is 23.2 Å². The highest BCUT2D eigenvalue weighted by Crippen LogP contribution is 2.29. The van der Waals surface area contributed by atoms with Crippen LogP contribution in [0.2, 0.25) is 10.0 Å². The highest BCUT2D eigenvalue weighted by atomic mass is 35.5. The first-order chi connectivity index (χ1) is 7.99. The Morgan fingerprint density at radius 1 is 1.24 bits per heavy atom. The first kappa shape index (κ1) is 14.4. The molecule has 96 valence electrons. The predicted octanol–water partition coefficient (Wildman–Crippen LogP) is 4.28. The van der Waals surface area contributed by atoms with E-state index in [-0.39, 0.29) is 0 Å². The number of anilines is 2. The maximum absolute atomic E-state index is 6.11. The highest BCUT2D eigenvalue weighted by molar-refractivity contribution is 6.37. The molecule has 0 saturated heterocycles. The molecule has 2 N–H and O–H groups in total. The summed E-state index contributed by atoms with van der Waals surface area (Å²) in [7, 11) is 1.78. The monoisotopic (exact) mass is 275 g/mol. The van der Waals surface area contributed by atoms with Gasteiger partial charge < -0.3 is 10.6 Å². The van der Waals surface area contributed by atoms with Crippen molar-refractivity contribution in [1.82, 2.24) is 4.98 Å². The largest absolute Gasteiger partial charge is 0.372 e. The van der Waals surface area contributed by atoms with Crippen molar-refractivity contribution >= 4 is 34.8 Å². The van der Waals surface area contributed by atoms with E-state index in [9.17, 15) is 0 Å². The molecule has 0 bridgehead atoms. The molecule has 1 aromatic rings. The van der Waals surface area contributed by atoms with Gasteiger partial charge in [0, 0.05) is 13.1 Å². The van der Waals surface area contributed by atoms with E-state index in [0.717, 1.165) is 6.42 Å². The molecule has 0 fully saturated rings. The Morgan fingerprint density at radius 3 is 2.35 bits per heavy atom. The number of nitrogens with zero attached hydrogens (tertiary/aromatic N) is 1. The summed E-state index contributed by atoms with van der Waals surface area (Å²) in [5, 5.41) is 7.33. The van der Waals surface area contributed by atoms with Gasteiger partial charge in [0.15, 0.2) is 0 Å². The smallest absolute Gasteiger partial charge is 0.147 e. The number of pyridine rings is 1. The quantitative estimate of drug-likeness (QED) is 0.843. The lowest BCUT2D eigenvalue weighted by atomic mass is 10.0. The minimum Gasteiger partial charge on any atom is -0.372 e. The van der Waals surface area contributed by atoms with Crippen molar-refractivity contribution < 1.29 is 0 Å². The highest BCUT2D eigenvalue weighted by Gasteiger charge is 2.14. The number of nitrogens with one attached hydrogen (secondary N) is 2. The Balaban J connectivity index is 2.91. The van der Waals surface area contributed by atoms with Crippen LogP contribution >= 0.6 is 23.2 Å². The average molecular weight is 276 g/mol. The second kappa shape index (κ2) is 6.31. The Labute approximate surface area is 113 Å². The molecule has 5 heteroatoms. The summed E-state index contributed by atoms with van der Waals surface area (Å²) in [6.07, 6.45) is 1.11. The summed E-state index contributed by atoms with van der Waals surface area (Å²) in [6, 6.07) is 2.02. The van der Waals surface area contributed by atoms with E-state index in [0.29, 0.717) is 33.6 Å². The Hall–Kier alpha value is -0.670. The summed E-state index contributed by atoms with van der Waals surface area (Å²) < 4.78 is 0. The summed E-state index contributed by atoms with van der Waals surface area (Å²) in [6.45, 7) is 6.49. The van der Waals surface area contributed by atoms with Crippen LogP contribution in [0, 0.1) is 5.92 Å². The van der Waals surface area contributed by atoms with Crippen molar-refractivity contribution in [1.29, 1.82) is 0 Å². The van der Waals surface area contributed by atoms with Gasteiger partial charge in [-0.3, -0.25) is 0 Å². The van der Waals surface area contributed by atoms with Gasteiger partial charge >= 0.3 is 0 Å². The molecular formula is C12H19Cl2N3. The fraction of sp³-hybridized carbons (Fsp3) is 0.583. The molecule has 0 saturated carbocycles. The lowest BCUT2D eigenvalue weighted by Gasteiger charge is -2.21. The number of rotatable bonds is 5. The standard InChI is InChI=1S/C12H19Cl2N3/c1-5-7(2)8(3)16-12-10(14)6-9(13)11(15-4)17-12/h6-8H,5H2,1-4H3,(H2,15,16,17). The van der Waals surface area contributed by atoms with Gasteiger partial charge in [0.2, 0.25) is 0 Å². The maximum Gasteiger partial charge on any atom is 0.147 e. The van der Waals surface area contributed by atoms with Crippen molar-refractivity contribution in [3.05, 3.63) is 16.1 Å². The van der Waals surface area contributed by atoms with Gasteiger partial charge in [0.25, 0.3) is 0 Å². The first-order valence-electron chi connectivity index (χ1n) is 5.79. The fourth-order valence-corrected chi connectivity index (χ4v) is 1.96. The van der Waals surface area contributed by atoms with E-state index in [1.54, 1.807) is 13.1 Å².